The Bertz CT molecular complexity index is 1140. The Balaban J connectivity index is 0.000000431. The number of hydrogen-bond acceptors (Lipinski definition) is 1. The zero-order valence-corrected chi connectivity index (χ0v) is 20.6. The van der Waals surface area contributed by atoms with Gasteiger partial charge in [-0.2, -0.15) is 0 Å². The van der Waals surface area contributed by atoms with Crippen LogP contribution >= 0.6 is 0 Å². The van der Waals surface area contributed by atoms with E-state index < -0.39 is 0 Å². The maximum atomic E-state index is 6.25. The first-order valence-corrected chi connectivity index (χ1v) is 11.8. The Labute approximate surface area is 221 Å². The van der Waals surface area contributed by atoms with Gasteiger partial charge in [-0.15, -0.1) is 0 Å². The molecule has 1 nitrogen and oxygen atoms in total. The third-order valence-electron chi connectivity index (χ3n) is 6.16. The van der Waals surface area contributed by atoms with Crippen LogP contribution in [0.1, 0.15) is 28.6 Å². The molecule has 2 saturated carbocycles. The van der Waals surface area contributed by atoms with Crippen molar-refractivity contribution < 1.29 is 21.5 Å². The van der Waals surface area contributed by atoms with Crippen LogP contribution in [0.3, 0.4) is 0 Å². The second kappa shape index (κ2) is 13.1. The van der Waals surface area contributed by atoms with Gasteiger partial charge in [0.15, 0.2) is 0 Å². The molecule has 2 aliphatic rings. The number of furan rings is 1. The van der Waals surface area contributed by atoms with Crippen molar-refractivity contribution in [3.8, 4) is 0 Å². The van der Waals surface area contributed by atoms with Gasteiger partial charge in [0.25, 0.3) is 0 Å². The molecule has 35 heavy (non-hydrogen) atoms. The van der Waals surface area contributed by atoms with E-state index in [9.17, 15) is 0 Å². The molecule has 1 heterocycles. The number of rotatable bonds is 6. The molecule has 2 aliphatic carbocycles. The largest absolute Gasteiger partial charge is 0.466 e. The maximum Gasteiger partial charge on any atom is 0.108 e. The Morgan fingerprint density at radius 2 is 1.20 bits per heavy atom. The molecule has 1 atom stereocenters. The van der Waals surface area contributed by atoms with Crippen molar-refractivity contribution >= 4 is 10.8 Å². The Morgan fingerprint density at radius 1 is 0.571 bits per heavy atom. The smallest absolute Gasteiger partial charge is 0.108 e. The fourth-order valence-corrected chi connectivity index (χ4v) is 4.43. The molecule has 0 N–H and O–H groups in total. The molecule has 0 bridgehead atoms. The van der Waals surface area contributed by atoms with Gasteiger partial charge in [0.05, 0.1) is 0 Å². The predicted molar refractivity (Wildman–Crippen MR) is 140 cm³/mol. The summed E-state index contributed by atoms with van der Waals surface area (Å²) in [5.41, 5.74) is 2.60. The third kappa shape index (κ3) is 7.12. The van der Waals surface area contributed by atoms with Gasteiger partial charge >= 0.3 is 0 Å². The second-order valence-corrected chi connectivity index (χ2v) is 8.57. The van der Waals surface area contributed by atoms with E-state index in [1.807, 2.05) is 32.1 Å². The van der Waals surface area contributed by atoms with Crippen LogP contribution in [0.15, 0.2) is 89.3 Å². The predicted octanol–water partition coefficient (Wildman–Crippen LogP) is 7.77. The van der Waals surface area contributed by atoms with Crippen LogP contribution < -0.4 is 0 Å². The monoisotopic (exact) mass is 496 g/mol. The van der Waals surface area contributed by atoms with Gasteiger partial charge in [-0.25, -0.2) is 0 Å². The molecule has 0 saturated heterocycles. The molecular weight excluding hydrogens is 468 g/mol. The topological polar surface area (TPSA) is 13.1 Å². The molecule has 1 unspecified atom stereocenters. The van der Waals surface area contributed by atoms with Crippen LogP contribution in [0, 0.1) is 63.7 Å². The van der Waals surface area contributed by atoms with Crippen LogP contribution in [0.4, 0.5) is 0 Å². The average Bonchev–Trinajstić information content (AvgIpc) is 3.68. The Hall–Kier alpha value is -2.28. The van der Waals surface area contributed by atoms with E-state index in [0.717, 1.165) is 24.4 Å². The van der Waals surface area contributed by atoms with Crippen LogP contribution in [-0.2, 0) is 29.9 Å². The molecule has 0 aliphatic heterocycles. The van der Waals surface area contributed by atoms with Crippen molar-refractivity contribution in [3.63, 3.8) is 0 Å². The van der Waals surface area contributed by atoms with Gasteiger partial charge in [-0.3, -0.25) is 0 Å². The summed E-state index contributed by atoms with van der Waals surface area (Å²) in [6, 6.07) is 30.1. The van der Waals surface area contributed by atoms with E-state index in [2.05, 4.69) is 111 Å². The molecule has 3 aromatic carbocycles. The fraction of sp³-hybridized carbons (Fsp3) is 0.0909. The summed E-state index contributed by atoms with van der Waals surface area (Å²) in [6.07, 6.45) is 20.3. The molecule has 2 fully saturated rings. The molecular formula is C33H28FeO. The van der Waals surface area contributed by atoms with Gasteiger partial charge in [-0.1, -0.05) is 72.8 Å². The first-order chi connectivity index (χ1) is 16.8. The third-order valence-corrected chi connectivity index (χ3v) is 6.16. The Morgan fingerprint density at radius 3 is 1.91 bits per heavy atom. The minimum atomic E-state index is 0. The molecule has 1 aromatic heterocycles. The van der Waals surface area contributed by atoms with E-state index in [0.29, 0.717) is 5.92 Å². The molecule has 0 spiro atoms. The van der Waals surface area contributed by atoms with Gasteiger partial charge in [-0.05, 0) is 104 Å². The average molecular weight is 496 g/mol. The van der Waals surface area contributed by atoms with Gasteiger partial charge < -0.3 is 4.42 Å². The maximum absolute atomic E-state index is 6.25. The zero-order chi connectivity index (χ0) is 23.0. The SMILES string of the molecule is [CH]1[CH][CH][CH][CH]1.[CH]1[CH][CH][C](C(Cc2ccc(Cc3ccc4ccccc4c3)o2)c2ccccc2)[CH]1.[Fe]. The summed E-state index contributed by atoms with van der Waals surface area (Å²) in [7, 11) is 0. The van der Waals surface area contributed by atoms with E-state index in [1.165, 1.54) is 27.8 Å². The minimum Gasteiger partial charge on any atom is -0.466 e. The van der Waals surface area contributed by atoms with Crippen LogP contribution in [-0.4, -0.2) is 0 Å². The van der Waals surface area contributed by atoms with E-state index in [4.69, 9.17) is 4.42 Å². The van der Waals surface area contributed by atoms with Crippen molar-refractivity contribution in [3.05, 3.63) is 171 Å². The normalized spacial score (nSPS) is 16.5. The van der Waals surface area contributed by atoms with Crippen molar-refractivity contribution in [1.29, 1.82) is 0 Å². The van der Waals surface area contributed by atoms with Crippen molar-refractivity contribution in [2.45, 2.75) is 18.8 Å². The minimum absolute atomic E-state index is 0. The standard InChI is InChI=1S/C28H23O.C5H5.Fe/c1-2-9-23(10-3-1)28(24-11-5-6-12-24)20-27-17-16-26(29-27)19-21-14-15-22-8-4-7-13-25(22)18-21;1-2-4-5-3-1;/h1-18,28H,19-20H2;1-5H;. The van der Waals surface area contributed by atoms with E-state index in [1.54, 1.807) is 0 Å². The zero-order valence-electron chi connectivity index (χ0n) is 19.5. The summed E-state index contributed by atoms with van der Waals surface area (Å²) in [5, 5.41) is 2.55. The first kappa shape index (κ1) is 25.8. The van der Waals surface area contributed by atoms with Crippen molar-refractivity contribution in [1.82, 2.24) is 0 Å². The van der Waals surface area contributed by atoms with Crippen LogP contribution in [0.5, 0.6) is 0 Å². The summed E-state index contributed by atoms with van der Waals surface area (Å²) in [6.45, 7) is 0. The van der Waals surface area contributed by atoms with E-state index >= 15 is 0 Å². The molecule has 2 heteroatoms. The number of benzene rings is 3. The van der Waals surface area contributed by atoms with E-state index in [-0.39, 0.29) is 17.1 Å². The fourth-order valence-electron chi connectivity index (χ4n) is 4.43. The van der Waals surface area contributed by atoms with Crippen LogP contribution in [0.2, 0.25) is 0 Å². The van der Waals surface area contributed by atoms with Gasteiger partial charge in [0.2, 0.25) is 0 Å². The molecule has 174 valence electrons. The molecule has 0 amide bonds. The van der Waals surface area contributed by atoms with Gasteiger partial charge in [0, 0.05) is 29.9 Å². The van der Waals surface area contributed by atoms with Gasteiger partial charge in [0.1, 0.15) is 11.5 Å². The molecule has 4 aromatic rings. The summed E-state index contributed by atoms with van der Waals surface area (Å²) in [4.78, 5) is 0. The quantitative estimate of drug-likeness (QED) is 0.249. The van der Waals surface area contributed by atoms with Crippen molar-refractivity contribution in [2.75, 3.05) is 0 Å². The molecule has 6 rings (SSSR count). The first-order valence-electron chi connectivity index (χ1n) is 11.8. The summed E-state index contributed by atoms with van der Waals surface area (Å²) in [5.74, 6) is 3.70. The summed E-state index contributed by atoms with van der Waals surface area (Å²) < 4.78 is 6.25. The summed E-state index contributed by atoms with van der Waals surface area (Å²) >= 11 is 0. The number of hydrogen-bond donors (Lipinski definition) is 0. The van der Waals surface area contributed by atoms with Crippen molar-refractivity contribution in [2.24, 2.45) is 0 Å². The van der Waals surface area contributed by atoms with Crippen LogP contribution in [0.25, 0.3) is 10.8 Å². The number of fused-ring (bicyclic) bond motifs is 1. The second-order valence-electron chi connectivity index (χ2n) is 8.57. The Kier molecular flexibility index (Phi) is 9.69. The molecule has 10 radical (unpaired) electrons.